The Bertz CT molecular complexity index is 4010. The Morgan fingerprint density at radius 3 is 1.54 bits per heavy atom. The van der Waals surface area contributed by atoms with Gasteiger partial charge in [0, 0.05) is 64.3 Å². The molecule has 6 aromatic carbocycles. The molecule has 8 rings (SSSR count). The highest BCUT2D eigenvalue weighted by Gasteiger charge is 2.21. The Morgan fingerprint density at radius 2 is 1.02 bits per heavy atom. The number of rotatable bonds is 24. The molecule has 0 atom stereocenters. The summed E-state index contributed by atoms with van der Waals surface area (Å²) in [6.07, 6.45) is -2.01. The zero-order valence-electron chi connectivity index (χ0n) is 41.1. The van der Waals surface area contributed by atoms with Crippen molar-refractivity contribution in [2.45, 2.75) is 39.9 Å². The predicted molar refractivity (Wildman–Crippen MR) is 286 cm³/mol. The molecule has 81 heavy (non-hydrogen) atoms. The lowest BCUT2D eigenvalue weighted by molar-refractivity contribution is -0.432. The normalized spacial score (nSPS) is 11.9. The molecule has 8 aromatic rings. The van der Waals surface area contributed by atoms with Crippen molar-refractivity contribution in [1.82, 2.24) is 29.9 Å². The molecule has 0 aliphatic heterocycles. The Labute approximate surface area is 462 Å². The molecule has 36 heteroatoms. The summed E-state index contributed by atoms with van der Waals surface area (Å²) >= 11 is 1.06. The second kappa shape index (κ2) is 26.1. The van der Waals surface area contributed by atoms with Crippen molar-refractivity contribution in [3.63, 3.8) is 0 Å². The monoisotopic (exact) mass is 1190 g/mol. The Morgan fingerprint density at radius 1 is 0.543 bits per heavy atom. The van der Waals surface area contributed by atoms with Crippen LogP contribution in [0.4, 0.5) is 78.1 Å². The van der Waals surface area contributed by atoms with Gasteiger partial charge < -0.3 is 31.9 Å². The van der Waals surface area contributed by atoms with Gasteiger partial charge >= 0.3 is 12.2 Å². The number of carbonyl (C=O) groups is 2. The Hall–Kier alpha value is -8.66. The van der Waals surface area contributed by atoms with Crippen molar-refractivity contribution < 1.29 is 73.6 Å². The molecule has 0 spiro atoms. The summed E-state index contributed by atoms with van der Waals surface area (Å²) < 4.78 is 107. The molecule has 2 heterocycles. The van der Waals surface area contributed by atoms with E-state index < -0.39 is 54.0 Å². The fourth-order valence-corrected chi connectivity index (χ4v) is 9.80. The summed E-state index contributed by atoms with van der Waals surface area (Å²) in [5.41, 5.74) is 0.933. The van der Waals surface area contributed by atoms with Crippen LogP contribution in [0.2, 0.25) is 0 Å². The number of amides is 2. The Kier molecular flexibility index (Phi) is 18.8. The molecule has 0 saturated heterocycles. The van der Waals surface area contributed by atoms with Gasteiger partial charge in [0.2, 0.25) is 35.6 Å². The smallest absolute Gasteiger partial charge is 0.315 e. The first-order valence-corrected chi connectivity index (χ1v) is 27.0. The molecule has 0 aliphatic carbocycles. The number of nitrogens with zero attached hydrogens (tertiary/aromatic N) is 10. The van der Waals surface area contributed by atoms with Crippen LogP contribution in [0.5, 0.6) is 0 Å². The molecule has 0 unspecified atom stereocenters. The molecule has 10 N–H and O–H groups in total. The third-order valence-corrected chi connectivity index (χ3v) is 13.6. The number of hydrogen-bond donors (Lipinski definition) is 10. The molecular formula is C45H38F2N16O14S4. The van der Waals surface area contributed by atoms with Crippen LogP contribution in [0.1, 0.15) is 20.3 Å². The van der Waals surface area contributed by atoms with E-state index in [0.717, 1.165) is 6.07 Å². The van der Waals surface area contributed by atoms with Crippen LogP contribution in [0.25, 0.3) is 21.5 Å². The van der Waals surface area contributed by atoms with Crippen LogP contribution < -0.4 is 31.9 Å². The minimum Gasteiger partial charge on any atom is -0.354 e. The van der Waals surface area contributed by atoms with Crippen molar-refractivity contribution in [3.8, 4) is 0 Å². The fourth-order valence-electron chi connectivity index (χ4n) is 7.34. The third kappa shape index (κ3) is 15.8. The maximum atomic E-state index is 14.7. The van der Waals surface area contributed by atoms with E-state index in [1.165, 1.54) is 105 Å². The molecule has 0 fully saturated rings. The summed E-state index contributed by atoms with van der Waals surface area (Å²) in [5, 5.41) is 58.7. The number of halogens is 2. The molecule has 30 nitrogen and oxygen atoms in total. The van der Waals surface area contributed by atoms with Crippen molar-refractivity contribution >= 4 is 147 Å². The van der Waals surface area contributed by atoms with E-state index >= 15 is 0 Å². The van der Waals surface area contributed by atoms with Crippen LogP contribution in [0.15, 0.2) is 137 Å². The zero-order chi connectivity index (χ0) is 57.8. The number of benzene rings is 6. The second-order valence-corrected chi connectivity index (χ2v) is 20.4. The first-order chi connectivity index (χ1) is 38.7. The van der Waals surface area contributed by atoms with E-state index in [0.29, 0.717) is 35.9 Å². The van der Waals surface area contributed by atoms with Crippen LogP contribution in [-0.2, 0) is 48.6 Å². The lowest BCUT2D eigenvalue weighted by Crippen LogP contribution is -2.14. The summed E-state index contributed by atoms with van der Waals surface area (Å²) in [6, 6.07) is 22.4. The number of azo groups is 2. The van der Waals surface area contributed by atoms with E-state index in [9.17, 15) is 44.3 Å². The first-order valence-electron chi connectivity index (χ1n) is 22.6. The van der Waals surface area contributed by atoms with Crippen molar-refractivity contribution in [1.29, 1.82) is 0 Å². The number of anilines is 8. The summed E-state index contributed by atoms with van der Waals surface area (Å²) in [7, 11) is -9.48. The topological polar surface area (TPSA) is 419 Å². The van der Waals surface area contributed by atoms with Gasteiger partial charge in [0.05, 0.1) is 46.8 Å². The average Bonchev–Trinajstić information content (AvgIpc) is 3.53. The molecule has 420 valence electrons. The lowest BCUT2D eigenvalue weighted by atomic mass is 10.1. The highest BCUT2D eigenvalue weighted by atomic mass is 32.2. The van der Waals surface area contributed by atoms with E-state index in [-0.39, 0.29) is 108 Å². The van der Waals surface area contributed by atoms with Crippen LogP contribution in [0, 0.1) is 12.2 Å². The lowest BCUT2D eigenvalue weighted by Gasteiger charge is -2.12. The highest BCUT2D eigenvalue weighted by molar-refractivity contribution is 7.95. The van der Waals surface area contributed by atoms with Crippen molar-refractivity contribution in [3.05, 3.63) is 109 Å². The van der Waals surface area contributed by atoms with Crippen LogP contribution in [0.3, 0.4) is 0 Å². The van der Waals surface area contributed by atoms with Gasteiger partial charge in [0.15, 0.2) is 0 Å². The summed E-state index contributed by atoms with van der Waals surface area (Å²) in [5.74, 6) is -1.83. The maximum Gasteiger partial charge on any atom is 0.315 e. The van der Waals surface area contributed by atoms with Gasteiger partial charge in [-0.25, -0.2) is 10.5 Å². The molecule has 2 aromatic heterocycles. The van der Waals surface area contributed by atoms with Crippen molar-refractivity contribution in [2.75, 3.05) is 45.0 Å². The Balaban J connectivity index is 0.900. The standard InChI is InChI=1S/C45H38F2N16O14S4/c1-22(64)50-34-18-24(10-12-32(34)62-60-26-17-31-28(37(20-26)79-77-75-67)6-4-9-38(31)80(68,69)70)52-44-56-40(46)54-42(58-44)48-14-5-15-49-43-55-41(47)57-45(59-43)53-25-11-13-33(35(19-25)51-23(2)65)63-61-27-16-30-29(39(21-27)81(71,72)73)7-3-8-36(30)78-76-74-66/h3-4,6-13,16-21,66-67H,5,14-15H2,1-2H3,(H,50,64)(H,51,65)(H,68,69,70)(H,71,72,73)(H2,48,52,54,56,58)(H2,49,53,55,57,59)/b62-60+,63-61+. The number of nitrogens with one attached hydrogen (secondary N) is 6. The quantitative estimate of drug-likeness (QED) is 0.00671. The molecule has 0 saturated carbocycles. The summed E-state index contributed by atoms with van der Waals surface area (Å²) in [4.78, 5) is 47.1. The SMILES string of the molecule is CC(=O)Nc1cc(Nc2nc(F)nc(NCCCNc3nc(F)nc(Nc4ccc(/N=N/c5cc(SOOO)c6cccc(S(=O)(=O)O)c6c5)c(NC(C)=O)c4)n3)n2)ccc1/N=N/c1cc(S(=O)(=O)O)c2cccc(SOOO)c2c1. The van der Waals surface area contributed by atoms with E-state index in [2.05, 4.69) is 101 Å². The minimum atomic E-state index is -4.78. The van der Waals surface area contributed by atoms with Gasteiger partial charge in [-0.15, -0.1) is 18.9 Å². The van der Waals surface area contributed by atoms with Gasteiger partial charge in [0.1, 0.15) is 21.2 Å². The van der Waals surface area contributed by atoms with Crippen molar-refractivity contribution in [2.24, 2.45) is 20.5 Å². The van der Waals surface area contributed by atoms with E-state index in [1.54, 1.807) is 0 Å². The molecule has 0 radical (unpaired) electrons. The molecule has 0 aliphatic rings. The van der Waals surface area contributed by atoms with E-state index in [1.807, 2.05) is 0 Å². The number of hydrogen-bond acceptors (Lipinski definition) is 28. The third-order valence-electron chi connectivity index (χ3n) is 10.5. The maximum absolute atomic E-state index is 14.7. The predicted octanol–water partition coefficient (Wildman–Crippen LogP) is 10.1. The fraction of sp³-hybridized carbons (Fsp3) is 0.111. The molecule has 2 amide bonds. The zero-order valence-corrected chi connectivity index (χ0v) is 44.4. The van der Waals surface area contributed by atoms with E-state index in [4.69, 9.17) is 10.5 Å². The van der Waals surface area contributed by atoms with Gasteiger partial charge in [0.25, 0.3) is 20.2 Å². The van der Waals surface area contributed by atoms with Gasteiger partial charge in [-0.1, -0.05) is 34.3 Å². The summed E-state index contributed by atoms with van der Waals surface area (Å²) in [6.45, 7) is 2.76. The number of carbonyl (C=O) groups excluding carboxylic acids is 2. The first kappa shape index (κ1) is 58.5. The number of fused-ring (bicyclic) bond motifs is 2. The van der Waals surface area contributed by atoms with Gasteiger partial charge in [-0.2, -0.15) is 65.7 Å². The second-order valence-electron chi connectivity index (χ2n) is 16.2. The molecule has 0 bridgehead atoms. The average molecular weight is 1190 g/mol. The minimum absolute atomic E-state index is 0.0367. The van der Waals surface area contributed by atoms with Crippen LogP contribution >= 0.6 is 24.1 Å². The number of aromatic nitrogens is 6. The van der Waals surface area contributed by atoms with Crippen LogP contribution in [-0.4, -0.2) is 91.3 Å². The largest absolute Gasteiger partial charge is 0.354 e. The molecular weight excluding hydrogens is 1150 g/mol. The van der Waals surface area contributed by atoms with Gasteiger partial charge in [-0.05, 0) is 84.6 Å². The highest BCUT2D eigenvalue weighted by Crippen LogP contribution is 2.40. The van der Waals surface area contributed by atoms with Gasteiger partial charge in [-0.3, -0.25) is 18.7 Å².